The van der Waals surface area contributed by atoms with Gasteiger partial charge in [-0.15, -0.1) is 10.1 Å². The molecular weight excluding hydrogens is 249 g/mol. The zero-order valence-electron chi connectivity index (χ0n) is 7.05. The quantitative estimate of drug-likeness (QED) is 0.344. The van der Waals surface area contributed by atoms with E-state index in [1.165, 1.54) is 19.3 Å². The van der Waals surface area contributed by atoms with Gasteiger partial charge in [0.2, 0.25) is 0 Å². The van der Waals surface area contributed by atoms with Crippen LogP contribution in [0.4, 0.5) is 0 Å². The summed E-state index contributed by atoms with van der Waals surface area (Å²) in [5.74, 6) is 0. The summed E-state index contributed by atoms with van der Waals surface area (Å²) >= 11 is 2.52. The van der Waals surface area contributed by atoms with Crippen LogP contribution in [0.3, 0.4) is 0 Å². The first-order chi connectivity index (χ1) is 5.50. The molecule has 5 nitrogen and oxygen atoms in total. The van der Waals surface area contributed by atoms with Crippen LogP contribution in [0.2, 0.25) is 0 Å². The molecule has 0 aliphatic carbocycles. The number of unbranched alkanes of at least 4 members (excludes halogenated alkanes) is 2. The van der Waals surface area contributed by atoms with Crippen molar-refractivity contribution in [1.82, 2.24) is 0 Å². The molecular formula is C6H15N2O3Ru. The van der Waals surface area contributed by atoms with E-state index in [0.29, 0.717) is 4.64 Å². The molecule has 0 aliphatic heterocycles. The van der Waals surface area contributed by atoms with Gasteiger partial charge in [0.25, 0.3) is 5.09 Å². The first-order valence-electron chi connectivity index (χ1n) is 3.72. The van der Waals surface area contributed by atoms with E-state index in [1.807, 2.05) is 0 Å². The van der Waals surface area contributed by atoms with Gasteiger partial charge in [0.15, 0.2) is 0 Å². The largest absolute Gasteiger partial charge is 0.328 e. The van der Waals surface area contributed by atoms with Crippen LogP contribution < -0.4 is 5.73 Å². The summed E-state index contributed by atoms with van der Waals surface area (Å²) in [6, 6.07) is 0. The predicted molar refractivity (Wildman–Crippen MR) is 40.9 cm³/mol. The monoisotopic (exact) mass is 265 g/mol. The van der Waals surface area contributed by atoms with Gasteiger partial charge in [-0.05, 0) is 0 Å². The molecule has 0 aliphatic rings. The third kappa shape index (κ3) is 33.0. The Bertz CT molecular complexity index is 107. The second-order valence-electron chi connectivity index (χ2n) is 2.23. The second kappa shape index (κ2) is 10.8. The van der Waals surface area contributed by atoms with Gasteiger partial charge in [0.05, 0.1) is 0 Å². The van der Waals surface area contributed by atoms with Crippen LogP contribution in [0.25, 0.3) is 0 Å². The van der Waals surface area contributed by atoms with Crippen LogP contribution in [-0.4, -0.2) is 14.9 Å². The molecule has 1 atom stereocenters. The Morgan fingerprint density at radius 1 is 1.67 bits per heavy atom. The standard InChI is InChI=1S/C6H14N.HNO3.Ru/c1-2-3-4-5-6-7;2-1(3)4;/h6H,2-5,7H2,1H3;(H,2,3,4);. The Labute approximate surface area is 82.1 Å². The molecule has 3 N–H and O–H groups in total. The Balaban J connectivity index is 0. The van der Waals surface area contributed by atoms with Crippen molar-refractivity contribution in [2.75, 3.05) is 0 Å². The van der Waals surface area contributed by atoms with Crippen molar-refractivity contribution in [2.24, 2.45) is 5.73 Å². The SMILES string of the molecule is CCCCC[CH](N)[Ru].O=[N+]([O-])O. The maximum atomic E-state index is 8.36. The molecule has 0 fully saturated rings. The number of hydrogen-bond donors (Lipinski definition) is 2. The number of nitrogens with zero attached hydrogens (tertiary/aromatic N) is 1. The van der Waals surface area contributed by atoms with Crippen LogP contribution in [0.5, 0.6) is 0 Å². The van der Waals surface area contributed by atoms with Gasteiger partial charge >= 0.3 is 61.3 Å². The predicted octanol–water partition coefficient (Wildman–Crippen LogP) is 1.05. The minimum atomic E-state index is -1.50. The van der Waals surface area contributed by atoms with Gasteiger partial charge in [-0.2, -0.15) is 0 Å². The molecule has 0 spiro atoms. The van der Waals surface area contributed by atoms with Gasteiger partial charge < -0.3 is 5.21 Å². The van der Waals surface area contributed by atoms with Crippen LogP contribution in [0.15, 0.2) is 0 Å². The molecule has 6 heteroatoms. The smallest absolute Gasteiger partial charge is 0.291 e. The molecule has 75 valence electrons. The average molecular weight is 264 g/mol. The summed E-state index contributed by atoms with van der Waals surface area (Å²) in [5.41, 5.74) is 5.50. The summed E-state index contributed by atoms with van der Waals surface area (Å²) in [7, 11) is 0. The van der Waals surface area contributed by atoms with E-state index in [-0.39, 0.29) is 0 Å². The number of hydrogen-bond acceptors (Lipinski definition) is 3. The first kappa shape index (κ1) is 14.3. The summed E-state index contributed by atoms with van der Waals surface area (Å²) in [6.07, 6.45) is 5.05. The van der Waals surface area contributed by atoms with Crippen molar-refractivity contribution in [3.05, 3.63) is 10.1 Å². The average Bonchev–Trinajstić information content (AvgIpc) is 1.86. The fourth-order valence-corrected chi connectivity index (χ4v) is 0.939. The molecule has 0 bridgehead atoms. The minimum absolute atomic E-state index is 0.334. The van der Waals surface area contributed by atoms with Crippen molar-refractivity contribution >= 4 is 0 Å². The van der Waals surface area contributed by atoms with E-state index in [0.717, 1.165) is 6.42 Å². The third-order valence-electron chi connectivity index (χ3n) is 1.08. The van der Waals surface area contributed by atoms with Crippen molar-refractivity contribution in [3.8, 4) is 0 Å². The zero-order valence-corrected chi connectivity index (χ0v) is 8.79. The number of rotatable bonds is 4. The van der Waals surface area contributed by atoms with E-state index >= 15 is 0 Å². The van der Waals surface area contributed by atoms with E-state index < -0.39 is 5.09 Å². The first-order valence-corrected chi connectivity index (χ1v) is 4.72. The van der Waals surface area contributed by atoms with Crippen molar-refractivity contribution in [2.45, 2.75) is 37.2 Å². The molecule has 1 unspecified atom stereocenters. The van der Waals surface area contributed by atoms with Crippen molar-refractivity contribution in [1.29, 1.82) is 0 Å². The van der Waals surface area contributed by atoms with Crippen LogP contribution in [-0.2, 0) is 18.3 Å². The maximum Gasteiger partial charge on any atom is 0.291 e. The van der Waals surface area contributed by atoms with Crippen LogP contribution >= 0.6 is 0 Å². The van der Waals surface area contributed by atoms with Crippen molar-refractivity contribution in [3.63, 3.8) is 0 Å². The molecule has 0 radical (unpaired) electrons. The van der Waals surface area contributed by atoms with Gasteiger partial charge in [-0.25, -0.2) is 0 Å². The van der Waals surface area contributed by atoms with Gasteiger partial charge in [-0.3, -0.25) is 0 Å². The topological polar surface area (TPSA) is 89.4 Å². The third-order valence-corrected chi connectivity index (χ3v) is 1.58. The molecule has 12 heavy (non-hydrogen) atoms. The van der Waals surface area contributed by atoms with Gasteiger partial charge in [0.1, 0.15) is 0 Å². The Hall–Kier alpha value is -0.217. The maximum absolute atomic E-state index is 8.36. The van der Waals surface area contributed by atoms with E-state index in [9.17, 15) is 0 Å². The molecule has 0 aromatic carbocycles. The summed E-state index contributed by atoms with van der Waals surface area (Å²) in [6.45, 7) is 2.20. The fraction of sp³-hybridized carbons (Fsp3) is 1.00. The molecule has 0 saturated carbocycles. The fourth-order valence-electron chi connectivity index (χ4n) is 0.584. The summed E-state index contributed by atoms with van der Waals surface area (Å²) in [5, 5.41) is 13.6. The minimum Gasteiger partial charge on any atom is -0.328 e. The molecule has 0 heterocycles. The Morgan fingerprint density at radius 2 is 2.08 bits per heavy atom. The van der Waals surface area contributed by atoms with Crippen LogP contribution in [0, 0.1) is 10.1 Å². The molecule has 0 saturated heterocycles. The molecule has 0 aromatic heterocycles. The van der Waals surface area contributed by atoms with Gasteiger partial charge in [0, 0.05) is 0 Å². The number of nitrogens with two attached hydrogens (primary N) is 1. The van der Waals surface area contributed by atoms with E-state index in [4.69, 9.17) is 21.1 Å². The van der Waals surface area contributed by atoms with E-state index in [1.54, 1.807) is 0 Å². The van der Waals surface area contributed by atoms with Crippen LogP contribution in [0.1, 0.15) is 32.6 Å². The molecule has 0 aromatic rings. The normalized spacial score (nSPS) is 11.2. The molecule has 0 rings (SSSR count). The summed E-state index contributed by atoms with van der Waals surface area (Å²) in [4.78, 5) is 8.36. The van der Waals surface area contributed by atoms with Crippen molar-refractivity contribution < 1.29 is 28.6 Å². The zero-order chi connectivity index (χ0) is 9.98. The van der Waals surface area contributed by atoms with E-state index in [2.05, 4.69) is 25.2 Å². The molecule has 0 amide bonds. The van der Waals surface area contributed by atoms with Gasteiger partial charge in [-0.1, -0.05) is 0 Å². The summed E-state index contributed by atoms with van der Waals surface area (Å²) < 4.78 is 0.334. The second-order valence-corrected chi connectivity index (χ2v) is 3.52. The Morgan fingerprint density at radius 3 is 2.33 bits per heavy atom. The Kier molecular flexibility index (Phi) is 12.9.